The predicted octanol–water partition coefficient (Wildman–Crippen LogP) is 4.64. The summed E-state index contributed by atoms with van der Waals surface area (Å²) in [4.78, 5) is 12.3. The van der Waals surface area contributed by atoms with Gasteiger partial charge in [-0.2, -0.15) is 0 Å². The van der Waals surface area contributed by atoms with E-state index in [1.807, 2.05) is 24.3 Å². The van der Waals surface area contributed by atoms with Gasteiger partial charge >= 0.3 is 0 Å². The second kappa shape index (κ2) is 5.37. The first-order chi connectivity index (χ1) is 8.14. The van der Waals surface area contributed by atoms with Crippen molar-refractivity contribution in [2.75, 3.05) is 0 Å². The Morgan fingerprint density at radius 1 is 0.833 bits per heavy atom. The normalized spacial score (nSPS) is 12.1. The molecule has 1 aromatic rings. The summed E-state index contributed by atoms with van der Waals surface area (Å²) in [7, 11) is -2.55. The lowest BCUT2D eigenvalue weighted by molar-refractivity contribution is 0.112. The summed E-state index contributed by atoms with van der Waals surface area (Å²) in [5.74, 6) is 0. The Hall–Kier alpha value is -0.936. The van der Waals surface area contributed by atoms with Gasteiger partial charge in [0.05, 0.1) is 16.1 Å². The molecule has 0 aliphatic heterocycles. The molecule has 0 N–H and O–H groups in total. The van der Waals surface area contributed by atoms with Crippen molar-refractivity contribution >= 4 is 28.5 Å². The van der Waals surface area contributed by atoms with Gasteiger partial charge in [0.15, 0.2) is 0 Å². The smallest absolute Gasteiger partial charge is 0.150 e. The van der Waals surface area contributed by atoms with E-state index in [4.69, 9.17) is 0 Å². The largest absolute Gasteiger partial charge is 0.298 e. The fraction of sp³-hybridized carbons (Fsp3) is 0.400. The molecule has 0 radical (unpaired) electrons. The number of hydrogen-bond donors (Lipinski definition) is 0. The Kier molecular flexibility index (Phi) is 4.51. The summed E-state index contributed by atoms with van der Waals surface area (Å²) in [5, 5.41) is 0. The van der Waals surface area contributed by atoms with E-state index in [9.17, 15) is 4.79 Å². The van der Waals surface area contributed by atoms with Crippen molar-refractivity contribution in [3.63, 3.8) is 0 Å². The standard InChI is InChI=1S/C15H24OSi2/c1-17(2,3)15(18(4,5)6)11-13-7-9-14(12-16)10-8-13/h7-12H,1-6H3. The molecule has 0 bridgehead atoms. The molecule has 3 heteroatoms. The van der Waals surface area contributed by atoms with E-state index < -0.39 is 16.1 Å². The highest BCUT2D eigenvalue weighted by Gasteiger charge is 2.30. The number of carbonyl (C=O) groups excluding carboxylic acids is 1. The van der Waals surface area contributed by atoms with Crippen molar-refractivity contribution in [3.8, 4) is 0 Å². The lowest BCUT2D eigenvalue weighted by Crippen LogP contribution is -2.39. The molecule has 18 heavy (non-hydrogen) atoms. The number of carbonyl (C=O) groups is 1. The van der Waals surface area contributed by atoms with E-state index in [0.29, 0.717) is 0 Å². The van der Waals surface area contributed by atoms with Crippen molar-refractivity contribution in [1.82, 2.24) is 0 Å². The van der Waals surface area contributed by atoms with Crippen LogP contribution >= 0.6 is 0 Å². The molecule has 0 unspecified atom stereocenters. The first kappa shape index (κ1) is 15.1. The van der Waals surface area contributed by atoms with Gasteiger partial charge in [-0.3, -0.25) is 4.79 Å². The van der Waals surface area contributed by atoms with Gasteiger partial charge in [0.25, 0.3) is 0 Å². The molecule has 0 saturated carbocycles. The summed E-state index contributed by atoms with van der Waals surface area (Å²) >= 11 is 0. The molecule has 1 nitrogen and oxygen atoms in total. The summed E-state index contributed by atoms with van der Waals surface area (Å²) in [6.45, 7) is 14.5. The van der Waals surface area contributed by atoms with Crippen LogP contribution in [0.2, 0.25) is 39.3 Å². The molecule has 0 fully saturated rings. The van der Waals surface area contributed by atoms with E-state index in [1.165, 1.54) is 5.56 Å². The molecule has 0 heterocycles. The summed E-state index contributed by atoms with van der Waals surface area (Å²) in [6.07, 6.45) is 3.26. The monoisotopic (exact) mass is 276 g/mol. The Balaban J connectivity index is 3.20. The first-order valence-electron chi connectivity index (χ1n) is 6.42. The Morgan fingerprint density at radius 2 is 1.22 bits per heavy atom. The van der Waals surface area contributed by atoms with Gasteiger partial charge in [-0.05, 0) is 5.56 Å². The molecule has 1 rings (SSSR count). The third-order valence-corrected chi connectivity index (χ3v) is 11.0. The highest BCUT2D eigenvalue weighted by atomic mass is 28.4. The fourth-order valence-electron chi connectivity index (χ4n) is 2.40. The zero-order valence-corrected chi connectivity index (χ0v) is 14.4. The molecule has 0 spiro atoms. The Bertz CT molecular complexity index is 429. The molecule has 98 valence electrons. The van der Waals surface area contributed by atoms with E-state index in [2.05, 4.69) is 45.4 Å². The Labute approximate surface area is 113 Å². The maximum Gasteiger partial charge on any atom is 0.150 e. The quantitative estimate of drug-likeness (QED) is 0.578. The van der Waals surface area contributed by atoms with Crippen LogP contribution in [0, 0.1) is 0 Å². The Morgan fingerprint density at radius 3 is 1.56 bits per heavy atom. The minimum atomic E-state index is -1.27. The van der Waals surface area contributed by atoms with Crippen molar-refractivity contribution in [1.29, 1.82) is 0 Å². The third kappa shape index (κ3) is 4.07. The topological polar surface area (TPSA) is 17.1 Å². The van der Waals surface area contributed by atoms with Gasteiger partial charge in [-0.15, -0.1) is 0 Å². The second-order valence-corrected chi connectivity index (χ2v) is 17.4. The van der Waals surface area contributed by atoms with Crippen molar-refractivity contribution in [2.45, 2.75) is 39.3 Å². The van der Waals surface area contributed by atoms with E-state index in [0.717, 1.165) is 11.8 Å². The molecular weight excluding hydrogens is 252 g/mol. The van der Waals surface area contributed by atoms with Gasteiger partial charge < -0.3 is 0 Å². The van der Waals surface area contributed by atoms with E-state index in [1.54, 1.807) is 4.82 Å². The van der Waals surface area contributed by atoms with E-state index >= 15 is 0 Å². The van der Waals surface area contributed by atoms with Crippen LogP contribution in [0.15, 0.2) is 29.1 Å². The average molecular weight is 277 g/mol. The van der Waals surface area contributed by atoms with Gasteiger partial charge in [0.2, 0.25) is 0 Å². The van der Waals surface area contributed by atoms with Crippen LogP contribution in [0.4, 0.5) is 0 Å². The average Bonchev–Trinajstić information content (AvgIpc) is 2.23. The highest BCUT2D eigenvalue weighted by Crippen LogP contribution is 2.27. The number of aldehydes is 1. The van der Waals surface area contributed by atoms with Crippen LogP contribution in [0.1, 0.15) is 15.9 Å². The fourth-order valence-corrected chi connectivity index (χ4v) is 12.6. The van der Waals surface area contributed by atoms with Gasteiger partial charge in [0, 0.05) is 5.56 Å². The summed E-state index contributed by atoms with van der Waals surface area (Å²) < 4.78 is 0. The molecule has 0 aliphatic rings. The summed E-state index contributed by atoms with van der Waals surface area (Å²) in [5.41, 5.74) is 1.97. The van der Waals surface area contributed by atoms with Crippen LogP contribution < -0.4 is 0 Å². The minimum Gasteiger partial charge on any atom is -0.298 e. The lowest BCUT2D eigenvalue weighted by Gasteiger charge is -2.31. The maximum atomic E-state index is 10.7. The number of benzene rings is 1. The molecular formula is C15H24OSi2. The zero-order chi connectivity index (χ0) is 14.0. The molecule has 1 aromatic carbocycles. The maximum absolute atomic E-state index is 10.7. The van der Waals surface area contributed by atoms with Crippen LogP contribution in [-0.2, 0) is 0 Å². The van der Waals surface area contributed by atoms with Crippen LogP contribution in [-0.4, -0.2) is 22.4 Å². The molecule has 0 saturated heterocycles. The molecule has 0 aliphatic carbocycles. The number of rotatable bonds is 4. The van der Waals surface area contributed by atoms with Gasteiger partial charge in [-0.1, -0.05) is 74.4 Å². The van der Waals surface area contributed by atoms with Crippen molar-refractivity contribution in [2.24, 2.45) is 0 Å². The van der Waals surface area contributed by atoms with Crippen LogP contribution in [0.3, 0.4) is 0 Å². The third-order valence-electron chi connectivity index (χ3n) is 3.00. The molecule has 0 amide bonds. The summed E-state index contributed by atoms with van der Waals surface area (Å²) in [6, 6.07) is 7.88. The van der Waals surface area contributed by atoms with Crippen molar-refractivity contribution < 1.29 is 4.79 Å². The minimum absolute atomic E-state index is 0.745. The molecule has 0 atom stereocenters. The zero-order valence-electron chi connectivity index (χ0n) is 12.4. The van der Waals surface area contributed by atoms with Gasteiger partial charge in [-0.25, -0.2) is 0 Å². The predicted molar refractivity (Wildman–Crippen MR) is 86.5 cm³/mol. The SMILES string of the molecule is C[Si](C)(C)C(=Cc1ccc(C=O)cc1)[Si](C)(C)C. The van der Waals surface area contributed by atoms with Crippen molar-refractivity contribution in [3.05, 3.63) is 40.2 Å². The number of hydrogen-bond acceptors (Lipinski definition) is 1. The second-order valence-electron chi connectivity index (χ2n) is 6.84. The first-order valence-corrected chi connectivity index (χ1v) is 13.4. The van der Waals surface area contributed by atoms with Crippen LogP contribution in [0.25, 0.3) is 6.08 Å². The highest BCUT2D eigenvalue weighted by molar-refractivity contribution is 7.05. The van der Waals surface area contributed by atoms with Gasteiger partial charge in [0.1, 0.15) is 6.29 Å². The molecule has 0 aromatic heterocycles. The van der Waals surface area contributed by atoms with Crippen LogP contribution in [0.5, 0.6) is 0 Å². The lowest BCUT2D eigenvalue weighted by atomic mass is 10.1. The van der Waals surface area contributed by atoms with E-state index in [-0.39, 0.29) is 0 Å².